The van der Waals surface area contributed by atoms with Crippen LogP contribution in [0.2, 0.25) is 6.32 Å². The van der Waals surface area contributed by atoms with Gasteiger partial charge in [0, 0.05) is 0 Å². The average molecular weight is 328 g/mol. The zero-order valence-electron chi connectivity index (χ0n) is 13.2. The van der Waals surface area contributed by atoms with Gasteiger partial charge in [-0.05, 0) is 36.7 Å². The van der Waals surface area contributed by atoms with Crippen LogP contribution < -0.4 is 0 Å². The van der Waals surface area contributed by atoms with Crippen LogP contribution >= 0.6 is 7.92 Å². The van der Waals surface area contributed by atoms with Crippen LogP contribution in [0.15, 0.2) is 24.3 Å². The van der Waals surface area contributed by atoms with E-state index in [1.165, 1.54) is 0 Å². The first-order chi connectivity index (χ1) is 9.89. The van der Waals surface area contributed by atoms with Gasteiger partial charge in [0.15, 0.2) is 0 Å². The van der Waals surface area contributed by atoms with Gasteiger partial charge in [0.2, 0.25) is 0 Å². The maximum atomic E-state index is 11.6. The third-order valence-electron chi connectivity index (χ3n) is 3.85. The van der Waals surface area contributed by atoms with E-state index in [-0.39, 0.29) is 25.9 Å². The number of rotatable bonds is 10. The van der Waals surface area contributed by atoms with E-state index in [2.05, 4.69) is 26.0 Å². The summed E-state index contributed by atoms with van der Waals surface area (Å²) in [4.78, 5) is 0. The van der Waals surface area contributed by atoms with Crippen molar-refractivity contribution >= 4 is 25.9 Å². The fraction of sp³-hybridized carbons (Fsp3) is 0.733. The molecule has 2 radical (unpaired) electrons. The molecule has 0 aromatic heterocycles. The van der Waals surface area contributed by atoms with Gasteiger partial charge >= 0.3 is 0 Å². The van der Waals surface area contributed by atoms with E-state index < -0.39 is 10.1 Å². The lowest BCUT2D eigenvalue weighted by molar-refractivity contribution is 0.146. The van der Waals surface area contributed by atoms with E-state index in [0.29, 0.717) is 12.7 Å². The van der Waals surface area contributed by atoms with Crippen molar-refractivity contribution in [3.63, 3.8) is 0 Å². The first kappa shape index (κ1) is 18.9. The topological polar surface area (TPSA) is 43.4 Å². The Hall–Kier alpha value is -0.115. The van der Waals surface area contributed by atoms with Crippen molar-refractivity contribution in [3.8, 4) is 0 Å². The van der Waals surface area contributed by atoms with Gasteiger partial charge in [-0.2, -0.15) is 8.42 Å². The first-order valence-corrected chi connectivity index (χ1v) is 11.3. The molecular formula is C15H26BO3PS. The molecule has 0 amide bonds. The highest BCUT2D eigenvalue weighted by atomic mass is 32.2. The lowest BCUT2D eigenvalue weighted by atomic mass is 9.85. The molecule has 0 fully saturated rings. The van der Waals surface area contributed by atoms with Crippen molar-refractivity contribution < 1.29 is 12.6 Å². The van der Waals surface area contributed by atoms with Crippen LogP contribution in [0.5, 0.6) is 0 Å². The Kier molecular flexibility index (Phi) is 8.22. The highest BCUT2D eigenvalue weighted by Crippen LogP contribution is 2.40. The lowest BCUT2D eigenvalue weighted by Gasteiger charge is -2.30. The average Bonchev–Trinajstić information content (AvgIpc) is 2.91. The molecule has 1 aliphatic carbocycles. The summed E-state index contributed by atoms with van der Waals surface area (Å²) < 4.78 is 28.5. The van der Waals surface area contributed by atoms with E-state index in [1.807, 2.05) is 12.2 Å². The molecule has 0 heterocycles. The predicted octanol–water partition coefficient (Wildman–Crippen LogP) is 3.19. The molecule has 0 bridgehead atoms. The Morgan fingerprint density at radius 1 is 1.24 bits per heavy atom. The van der Waals surface area contributed by atoms with Crippen LogP contribution in [0.4, 0.5) is 0 Å². The van der Waals surface area contributed by atoms with E-state index >= 15 is 0 Å². The molecule has 6 heteroatoms. The number of hydrogen-bond donors (Lipinski definition) is 0. The summed E-state index contributed by atoms with van der Waals surface area (Å²) in [6.45, 7) is 4.38. The summed E-state index contributed by atoms with van der Waals surface area (Å²) in [6, 6.07) is 0. The predicted molar refractivity (Wildman–Crippen MR) is 93.0 cm³/mol. The molecule has 21 heavy (non-hydrogen) atoms. The molecule has 0 spiro atoms. The lowest BCUT2D eigenvalue weighted by Crippen LogP contribution is -2.30. The Labute approximate surface area is 132 Å². The molecule has 1 aliphatic rings. The minimum atomic E-state index is -3.47. The minimum absolute atomic E-state index is 0.0842. The van der Waals surface area contributed by atoms with Crippen molar-refractivity contribution in [3.05, 3.63) is 24.3 Å². The van der Waals surface area contributed by atoms with Gasteiger partial charge in [-0.15, -0.1) is 7.92 Å². The van der Waals surface area contributed by atoms with Crippen molar-refractivity contribution in [2.75, 3.05) is 24.7 Å². The van der Waals surface area contributed by atoms with Gasteiger partial charge in [-0.25, -0.2) is 0 Å². The molecule has 0 saturated carbocycles. The third-order valence-corrected chi connectivity index (χ3v) is 7.22. The maximum absolute atomic E-state index is 11.6. The van der Waals surface area contributed by atoms with Gasteiger partial charge in [-0.1, -0.05) is 44.5 Å². The van der Waals surface area contributed by atoms with Crippen LogP contribution in [0.3, 0.4) is 0 Å². The maximum Gasteiger partial charge on any atom is 0.264 e. The van der Waals surface area contributed by atoms with Crippen LogP contribution in [-0.4, -0.2) is 47.1 Å². The zero-order chi connectivity index (χ0) is 15.9. The standard InChI is InChI=1S/C15H26BO3PS/c1-4-20(5-2)12-14(11-16)15(19-21(3,17)18)10-13-8-6-7-9-13/h6-9,13-15H,4-5,10-12H2,1-3H3. The van der Waals surface area contributed by atoms with Gasteiger partial charge < -0.3 is 0 Å². The van der Waals surface area contributed by atoms with Gasteiger partial charge in [0.25, 0.3) is 10.1 Å². The second-order valence-corrected chi connectivity index (χ2v) is 10.1. The van der Waals surface area contributed by atoms with Crippen molar-refractivity contribution in [2.24, 2.45) is 11.8 Å². The normalized spacial score (nSPS) is 18.5. The van der Waals surface area contributed by atoms with Gasteiger partial charge in [0.1, 0.15) is 0 Å². The van der Waals surface area contributed by atoms with E-state index in [9.17, 15) is 8.42 Å². The molecule has 1 rings (SSSR count). The number of hydrogen-bond acceptors (Lipinski definition) is 3. The highest BCUT2D eigenvalue weighted by molar-refractivity contribution is 7.86. The molecule has 0 aliphatic heterocycles. The third kappa shape index (κ3) is 7.12. The largest absolute Gasteiger partial charge is 0.267 e. The molecule has 0 aromatic carbocycles. The fourth-order valence-electron chi connectivity index (χ4n) is 2.60. The quantitative estimate of drug-likeness (QED) is 0.351. The van der Waals surface area contributed by atoms with Crippen molar-refractivity contribution in [2.45, 2.75) is 32.7 Å². The van der Waals surface area contributed by atoms with Gasteiger partial charge in [-0.3, -0.25) is 4.18 Å². The molecule has 0 saturated heterocycles. The Morgan fingerprint density at radius 3 is 2.24 bits per heavy atom. The van der Waals surface area contributed by atoms with Crippen LogP contribution in [0, 0.1) is 11.8 Å². The molecule has 3 nitrogen and oxygen atoms in total. The van der Waals surface area contributed by atoms with Crippen LogP contribution in [-0.2, 0) is 14.3 Å². The van der Waals surface area contributed by atoms with Crippen LogP contribution in [0.25, 0.3) is 0 Å². The summed E-state index contributed by atoms with van der Waals surface area (Å²) >= 11 is 0. The van der Waals surface area contributed by atoms with Gasteiger partial charge in [0.05, 0.1) is 20.2 Å². The molecule has 2 unspecified atom stereocenters. The fourth-order valence-corrected chi connectivity index (χ4v) is 5.29. The molecule has 0 aromatic rings. The molecular weight excluding hydrogens is 302 g/mol. The molecule has 0 N–H and O–H groups in total. The SMILES string of the molecule is [B]CC(CP(CC)CC)C(CC1C=CC=C1)OS(C)(=O)=O. The summed E-state index contributed by atoms with van der Waals surface area (Å²) in [5, 5.41) is 0. The summed E-state index contributed by atoms with van der Waals surface area (Å²) in [5.41, 5.74) is 0. The summed E-state index contributed by atoms with van der Waals surface area (Å²) in [5.74, 6) is 0.355. The Balaban J connectivity index is 2.79. The molecule has 118 valence electrons. The smallest absolute Gasteiger partial charge is 0.264 e. The minimum Gasteiger partial charge on any atom is -0.267 e. The summed E-state index contributed by atoms with van der Waals surface area (Å²) in [6.07, 6.45) is 13.4. The van der Waals surface area contributed by atoms with E-state index in [0.717, 1.165) is 24.7 Å². The van der Waals surface area contributed by atoms with Crippen molar-refractivity contribution in [1.29, 1.82) is 0 Å². The second-order valence-electron chi connectivity index (χ2n) is 5.49. The first-order valence-electron chi connectivity index (χ1n) is 7.55. The Bertz CT molecular complexity index is 446. The highest BCUT2D eigenvalue weighted by Gasteiger charge is 2.28. The molecule has 2 atom stereocenters. The van der Waals surface area contributed by atoms with Crippen LogP contribution in [0.1, 0.15) is 20.3 Å². The summed E-state index contributed by atoms with van der Waals surface area (Å²) in [7, 11) is 2.37. The Morgan fingerprint density at radius 2 is 1.81 bits per heavy atom. The van der Waals surface area contributed by atoms with E-state index in [1.54, 1.807) is 0 Å². The number of allylic oxidation sites excluding steroid dienone is 4. The second kappa shape index (κ2) is 9.12. The monoisotopic (exact) mass is 328 g/mol. The van der Waals surface area contributed by atoms with Crippen molar-refractivity contribution in [1.82, 2.24) is 0 Å². The zero-order valence-corrected chi connectivity index (χ0v) is 14.9. The van der Waals surface area contributed by atoms with E-state index in [4.69, 9.17) is 12.0 Å².